The predicted molar refractivity (Wildman–Crippen MR) is 139 cm³/mol. The molecule has 0 aromatic rings. The standard InChI is InChI=1S/C30H46O9/c1-17-26(33)23(36-3)13-25(38-17)39-19-4-9-28(16-31)21-5-8-27(2)20(18-12-24(32)37-15-18)7-11-30(27,35)22(21)6-10-29(28,34)14-19/h12,17,19-23,25-26,31,33-35H,4-11,13-16H2,1-3H3/t17-,19+,20?,21?,22?,23+,25+,26+,27?,28+,29?,30?/m1/s1. The van der Waals surface area contributed by atoms with Gasteiger partial charge in [0.2, 0.25) is 0 Å². The summed E-state index contributed by atoms with van der Waals surface area (Å²) in [5.74, 6) is -0.192. The van der Waals surface area contributed by atoms with E-state index in [-0.39, 0.29) is 48.0 Å². The van der Waals surface area contributed by atoms with Crippen molar-refractivity contribution in [3.8, 4) is 0 Å². The van der Waals surface area contributed by atoms with Gasteiger partial charge >= 0.3 is 5.97 Å². The molecule has 2 aliphatic heterocycles. The highest BCUT2D eigenvalue weighted by molar-refractivity contribution is 5.85. The predicted octanol–water partition coefficient (Wildman–Crippen LogP) is 2.23. The molecule has 4 aliphatic carbocycles. The zero-order valence-corrected chi connectivity index (χ0v) is 23.5. The Morgan fingerprint density at radius 3 is 2.54 bits per heavy atom. The molecule has 0 spiro atoms. The van der Waals surface area contributed by atoms with Crippen molar-refractivity contribution in [2.45, 2.75) is 120 Å². The molecule has 6 rings (SSSR count). The summed E-state index contributed by atoms with van der Waals surface area (Å²) in [6.45, 7) is 4.19. The highest BCUT2D eigenvalue weighted by Crippen LogP contribution is 2.70. The van der Waals surface area contributed by atoms with Crippen molar-refractivity contribution in [2.75, 3.05) is 20.3 Å². The molecule has 0 amide bonds. The van der Waals surface area contributed by atoms with Crippen molar-refractivity contribution >= 4 is 5.97 Å². The maximum absolute atomic E-state index is 12.4. The smallest absolute Gasteiger partial charge is 0.331 e. The van der Waals surface area contributed by atoms with E-state index in [1.54, 1.807) is 13.2 Å². The summed E-state index contributed by atoms with van der Waals surface area (Å²) in [6.07, 6.45) is 5.82. The summed E-state index contributed by atoms with van der Waals surface area (Å²) in [5.41, 5.74) is -2.06. The Hall–Kier alpha value is -1.07. The maximum atomic E-state index is 12.4. The van der Waals surface area contributed by atoms with E-state index in [2.05, 4.69) is 6.92 Å². The van der Waals surface area contributed by atoms with Gasteiger partial charge in [-0.05, 0) is 81.6 Å². The molecule has 5 fully saturated rings. The fourth-order valence-corrected chi connectivity index (χ4v) is 10.2. The highest BCUT2D eigenvalue weighted by Gasteiger charge is 2.71. The zero-order valence-electron chi connectivity index (χ0n) is 23.5. The number of methoxy groups -OCH3 is 1. The van der Waals surface area contributed by atoms with Gasteiger partial charge in [0.05, 0.1) is 36.1 Å². The van der Waals surface area contributed by atoms with Crippen LogP contribution in [0.4, 0.5) is 0 Å². The average molecular weight is 551 g/mol. The van der Waals surface area contributed by atoms with Crippen LogP contribution < -0.4 is 0 Å². The number of rotatable bonds is 5. The van der Waals surface area contributed by atoms with Crippen molar-refractivity contribution in [1.82, 2.24) is 0 Å². The monoisotopic (exact) mass is 550 g/mol. The lowest BCUT2D eigenvalue weighted by Gasteiger charge is -2.66. The Labute approximate surface area is 230 Å². The highest BCUT2D eigenvalue weighted by atomic mass is 16.7. The SMILES string of the molecule is CO[C@H]1C[C@H](O[C@H]2CC[C@]3(CO)C4CCC5(C)C(C6=CC(=O)OC6)CCC5(O)C4CCC3(O)C2)O[C@H](C)[C@@H]1O. The van der Waals surface area contributed by atoms with E-state index in [0.717, 1.165) is 24.8 Å². The number of fused-ring (bicyclic) bond motifs is 5. The molecule has 6 aliphatic rings. The van der Waals surface area contributed by atoms with E-state index in [0.29, 0.717) is 51.6 Å². The van der Waals surface area contributed by atoms with Crippen LogP contribution in [-0.4, -0.2) is 88.6 Å². The van der Waals surface area contributed by atoms with Crippen LogP contribution in [0.3, 0.4) is 0 Å². The van der Waals surface area contributed by atoms with E-state index >= 15 is 0 Å². The first-order valence-corrected chi connectivity index (χ1v) is 14.9. The van der Waals surface area contributed by atoms with Crippen molar-refractivity contribution < 1.29 is 44.2 Å². The summed E-state index contributed by atoms with van der Waals surface area (Å²) in [6, 6.07) is 0. The van der Waals surface area contributed by atoms with E-state index in [4.69, 9.17) is 18.9 Å². The summed E-state index contributed by atoms with van der Waals surface area (Å²) in [4.78, 5) is 11.8. The second-order valence-electron chi connectivity index (χ2n) is 13.7. The molecule has 6 unspecified atom stereocenters. The molecule has 0 radical (unpaired) electrons. The first-order valence-electron chi connectivity index (χ1n) is 14.9. The topological polar surface area (TPSA) is 135 Å². The number of cyclic esters (lactones) is 1. The van der Waals surface area contributed by atoms with Crippen LogP contribution in [0.25, 0.3) is 0 Å². The van der Waals surface area contributed by atoms with Crippen LogP contribution in [0, 0.1) is 28.6 Å². The first kappa shape index (κ1) is 28.1. The van der Waals surface area contributed by atoms with Gasteiger partial charge in [-0.25, -0.2) is 4.79 Å². The third-order valence-electron chi connectivity index (χ3n) is 12.3. The van der Waals surface area contributed by atoms with Crippen LogP contribution in [0.1, 0.15) is 78.1 Å². The molecule has 39 heavy (non-hydrogen) atoms. The fourth-order valence-electron chi connectivity index (χ4n) is 10.2. The molecule has 9 heteroatoms. The van der Waals surface area contributed by atoms with E-state index in [9.17, 15) is 25.2 Å². The minimum Gasteiger partial charge on any atom is -0.458 e. The molecular weight excluding hydrogens is 504 g/mol. The molecular formula is C30H46O9. The van der Waals surface area contributed by atoms with E-state index in [1.807, 2.05) is 6.92 Å². The quantitative estimate of drug-likeness (QED) is 0.300. The third kappa shape index (κ3) is 4.02. The second-order valence-corrected chi connectivity index (χ2v) is 13.7. The van der Waals surface area contributed by atoms with Gasteiger partial charge in [0.25, 0.3) is 0 Å². The largest absolute Gasteiger partial charge is 0.458 e. The van der Waals surface area contributed by atoms with Crippen LogP contribution in [0.15, 0.2) is 11.6 Å². The summed E-state index contributed by atoms with van der Waals surface area (Å²) in [5, 5.41) is 45.9. The van der Waals surface area contributed by atoms with Gasteiger partial charge in [-0.15, -0.1) is 0 Å². The van der Waals surface area contributed by atoms with Gasteiger partial charge in [0.15, 0.2) is 6.29 Å². The number of ether oxygens (including phenoxy) is 4. The fraction of sp³-hybridized carbons (Fsp3) is 0.900. The van der Waals surface area contributed by atoms with E-state index in [1.165, 1.54) is 0 Å². The van der Waals surface area contributed by atoms with Gasteiger partial charge in [-0.3, -0.25) is 0 Å². The van der Waals surface area contributed by atoms with Gasteiger partial charge < -0.3 is 39.4 Å². The van der Waals surface area contributed by atoms with E-state index < -0.39 is 35.1 Å². The minimum absolute atomic E-state index is 0.00781. The number of carbonyl (C=O) groups excluding carboxylic acids is 1. The molecule has 12 atom stereocenters. The maximum Gasteiger partial charge on any atom is 0.331 e. The second kappa shape index (κ2) is 9.75. The van der Waals surface area contributed by atoms with Crippen molar-refractivity contribution in [2.24, 2.45) is 28.6 Å². The number of carbonyl (C=O) groups is 1. The average Bonchev–Trinajstić information content (AvgIpc) is 3.45. The Kier molecular flexibility index (Phi) is 7.02. The van der Waals surface area contributed by atoms with Crippen molar-refractivity contribution in [3.63, 3.8) is 0 Å². The molecule has 4 saturated carbocycles. The Morgan fingerprint density at radius 1 is 1.08 bits per heavy atom. The Morgan fingerprint density at radius 2 is 1.85 bits per heavy atom. The molecule has 0 aromatic carbocycles. The number of esters is 1. The van der Waals surface area contributed by atoms with Crippen LogP contribution in [-0.2, 0) is 23.7 Å². The van der Waals surface area contributed by atoms with Crippen molar-refractivity contribution in [3.05, 3.63) is 11.6 Å². The molecule has 220 valence electrons. The van der Waals surface area contributed by atoms with Crippen LogP contribution in [0.5, 0.6) is 0 Å². The third-order valence-corrected chi connectivity index (χ3v) is 12.3. The normalized spacial score (nSPS) is 53.4. The summed E-state index contributed by atoms with van der Waals surface area (Å²) >= 11 is 0. The van der Waals surface area contributed by atoms with Crippen LogP contribution >= 0.6 is 0 Å². The molecule has 2 heterocycles. The van der Waals surface area contributed by atoms with Gasteiger partial charge in [0, 0.05) is 36.9 Å². The lowest BCUT2D eigenvalue weighted by atomic mass is 9.41. The number of aliphatic hydroxyl groups excluding tert-OH is 2. The number of hydrogen-bond acceptors (Lipinski definition) is 9. The summed E-state index contributed by atoms with van der Waals surface area (Å²) < 4.78 is 23.0. The lowest BCUT2D eigenvalue weighted by molar-refractivity contribution is -0.298. The number of aliphatic hydroxyl groups is 4. The minimum atomic E-state index is -1.09. The van der Waals surface area contributed by atoms with Gasteiger partial charge in [-0.1, -0.05) is 6.92 Å². The summed E-state index contributed by atoms with van der Waals surface area (Å²) in [7, 11) is 1.58. The van der Waals surface area contributed by atoms with Crippen LogP contribution in [0.2, 0.25) is 0 Å². The lowest BCUT2D eigenvalue weighted by Crippen LogP contribution is -2.69. The van der Waals surface area contributed by atoms with Crippen molar-refractivity contribution in [1.29, 1.82) is 0 Å². The molecule has 0 bridgehead atoms. The molecule has 9 nitrogen and oxygen atoms in total. The molecule has 1 saturated heterocycles. The Balaban J connectivity index is 1.20. The van der Waals surface area contributed by atoms with Gasteiger partial charge in [0.1, 0.15) is 12.7 Å². The Bertz CT molecular complexity index is 1000. The number of hydrogen-bond donors (Lipinski definition) is 4. The first-order chi connectivity index (χ1) is 18.5. The molecule has 4 N–H and O–H groups in total. The van der Waals surface area contributed by atoms with Gasteiger partial charge in [-0.2, -0.15) is 0 Å². The molecule has 0 aromatic heterocycles. The zero-order chi connectivity index (χ0) is 27.8.